The summed E-state index contributed by atoms with van der Waals surface area (Å²) in [7, 11) is -1.85. The van der Waals surface area contributed by atoms with Gasteiger partial charge in [-0.05, 0) is 23.5 Å². The smallest absolute Gasteiger partial charge is 0.227 e. The molecular weight excluding hydrogens is 242 g/mol. The van der Waals surface area contributed by atoms with Crippen molar-refractivity contribution in [2.24, 2.45) is 5.92 Å². The summed E-state index contributed by atoms with van der Waals surface area (Å²) < 4.78 is 6.57. The SMILES string of the molecule is CC(C)[Si](O[C@H](C)[C@@H]1CNC1=O)(C(C)C)C(C)C. The molecule has 0 radical (unpaired) electrons. The summed E-state index contributed by atoms with van der Waals surface area (Å²) in [6, 6.07) is 0. The highest BCUT2D eigenvalue weighted by Crippen LogP contribution is 2.43. The average molecular weight is 271 g/mol. The van der Waals surface area contributed by atoms with Gasteiger partial charge in [0.15, 0.2) is 0 Å². The molecule has 1 heterocycles. The summed E-state index contributed by atoms with van der Waals surface area (Å²) in [5, 5.41) is 2.81. The summed E-state index contributed by atoms with van der Waals surface area (Å²) >= 11 is 0. The number of hydrogen-bond donors (Lipinski definition) is 1. The fraction of sp³-hybridized carbons (Fsp3) is 0.929. The first-order valence-corrected chi connectivity index (χ1v) is 9.33. The Morgan fingerprint density at radius 3 is 1.72 bits per heavy atom. The lowest BCUT2D eigenvalue weighted by Crippen LogP contribution is -2.58. The van der Waals surface area contributed by atoms with Crippen LogP contribution in [0.5, 0.6) is 0 Å². The van der Waals surface area contributed by atoms with E-state index in [0.717, 1.165) is 6.54 Å². The van der Waals surface area contributed by atoms with E-state index in [2.05, 4.69) is 53.8 Å². The number of carbonyl (C=O) groups excluding carboxylic acids is 1. The molecule has 106 valence electrons. The van der Waals surface area contributed by atoms with Crippen LogP contribution in [0.2, 0.25) is 16.6 Å². The Labute approximate surface area is 113 Å². The van der Waals surface area contributed by atoms with E-state index in [1.54, 1.807) is 0 Å². The van der Waals surface area contributed by atoms with Crippen LogP contribution in [-0.4, -0.2) is 26.9 Å². The van der Waals surface area contributed by atoms with Gasteiger partial charge in [0.2, 0.25) is 14.2 Å². The Kier molecular flexibility index (Phi) is 5.01. The predicted molar refractivity (Wildman–Crippen MR) is 78.1 cm³/mol. The standard InChI is InChI=1S/C14H29NO2Si/c1-9(2)18(10(3)4,11(5)6)17-12(7)13-8-15-14(13)16/h9-13H,8H2,1-7H3,(H,15,16)/t12-,13+/m1/s1. The van der Waals surface area contributed by atoms with Gasteiger partial charge in [-0.1, -0.05) is 41.5 Å². The number of rotatable bonds is 6. The molecule has 0 aliphatic carbocycles. The minimum atomic E-state index is -1.85. The molecule has 0 aromatic heterocycles. The molecule has 1 aliphatic heterocycles. The Hall–Kier alpha value is -0.353. The fourth-order valence-corrected chi connectivity index (χ4v) is 9.12. The zero-order valence-corrected chi connectivity index (χ0v) is 13.9. The van der Waals surface area contributed by atoms with Crippen molar-refractivity contribution in [2.75, 3.05) is 6.54 Å². The van der Waals surface area contributed by atoms with Gasteiger partial charge in [-0.25, -0.2) is 0 Å². The van der Waals surface area contributed by atoms with Crippen LogP contribution in [0.15, 0.2) is 0 Å². The molecule has 0 unspecified atom stereocenters. The zero-order valence-electron chi connectivity index (χ0n) is 12.9. The average Bonchev–Trinajstić information content (AvgIpc) is 2.22. The summed E-state index contributed by atoms with van der Waals surface area (Å²) in [6.45, 7) is 16.5. The van der Waals surface area contributed by atoms with E-state index in [4.69, 9.17) is 4.43 Å². The van der Waals surface area contributed by atoms with E-state index in [0.29, 0.717) is 16.6 Å². The molecule has 18 heavy (non-hydrogen) atoms. The number of carbonyl (C=O) groups is 1. The van der Waals surface area contributed by atoms with Crippen molar-refractivity contribution >= 4 is 14.2 Å². The van der Waals surface area contributed by atoms with Crippen LogP contribution in [0, 0.1) is 5.92 Å². The molecule has 0 saturated carbocycles. The van der Waals surface area contributed by atoms with Gasteiger partial charge in [-0.2, -0.15) is 0 Å². The van der Waals surface area contributed by atoms with Crippen molar-refractivity contribution in [3.05, 3.63) is 0 Å². The van der Waals surface area contributed by atoms with E-state index in [-0.39, 0.29) is 17.9 Å². The van der Waals surface area contributed by atoms with Crippen molar-refractivity contribution < 1.29 is 9.22 Å². The van der Waals surface area contributed by atoms with Gasteiger partial charge in [0.25, 0.3) is 0 Å². The first-order valence-electron chi connectivity index (χ1n) is 7.19. The van der Waals surface area contributed by atoms with E-state index in [9.17, 15) is 4.79 Å². The first kappa shape index (κ1) is 15.7. The van der Waals surface area contributed by atoms with Gasteiger partial charge in [-0.15, -0.1) is 0 Å². The van der Waals surface area contributed by atoms with Crippen LogP contribution in [0.3, 0.4) is 0 Å². The molecular formula is C14H29NO2Si. The molecule has 4 heteroatoms. The minimum Gasteiger partial charge on any atom is -0.413 e. The monoisotopic (exact) mass is 271 g/mol. The Morgan fingerprint density at radius 2 is 1.50 bits per heavy atom. The van der Waals surface area contributed by atoms with E-state index in [1.807, 2.05) is 0 Å². The summed E-state index contributed by atoms with van der Waals surface area (Å²) in [5.74, 6) is 0.217. The van der Waals surface area contributed by atoms with Crippen LogP contribution in [0.1, 0.15) is 48.5 Å². The summed E-state index contributed by atoms with van der Waals surface area (Å²) in [5.41, 5.74) is 1.72. The second kappa shape index (κ2) is 5.74. The number of nitrogens with one attached hydrogen (secondary N) is 1. The minimum absolute atomic E-state index is 0.0533. The van der Waals surface area contributed by atoms with Crippen molar-refractivity contribution in [1.29, 1.82) is 0 Å². The van der Waals surface area contributed by atoms with Crippen LogP contribution in [0.25, 0.3) is 0 Å². The van der Waals surface area contributed by atoms with Crippen molar-refractivity contribution in [2.45, 2.75) is 71.2 Å². The molecule has 1 saturated heterocycles. The van der Waals surface area contributed by atoms with Crippen LogP contribution in [-0.2, 0) is 9.22 Å². The van der Waals surface area contributed by atoms with Gasteiger partial charge in [0.1, 0.15) is 0 Å². The molecule has 3 nitrogen and oxygen atoms in total. The van der Waals surface area contributed by atoms with Gasteiger partial charge in [-0.3, -0.25) is 4.79 Å². The van der Waals surface area contributed by atoms with Crippen LogP contribution in [0.4, 0.5) is 0 Å². The quantitative estimate of drug-likeness (QED) is 0.594. The molecule has 0 aromatic rings. The normalized spacial score (nSPS) is 22.3. The van der Waals surface area contributed by atoms with Crippen LogP contribution < -0.4 is 5.32 Å². The third-order valence-electron chi connectivity index (χ3n) is 4.50. The molecule has 1 rings (SSSR count). The highest BCUT2D eigenvalue weighted by Gasteiger charge is 2.48. The lowest BCUT2D eigenvalue weighted by molar-refractivity contribution is -0.135. The summed E-state index contributed by atoms with van der Waals surface area (Å²) in [4.78, 5) is 11.5. The highest BCUT2D eigenvalue weighted by molar-refractivity contribution is 6.77. The molecule has 0 bridgehead atoms. The van der Waals surface area contributed by atoms with E-state index in [1.165, 1.54) is 0 Å². The van der Waals surface area contributed by atoms with Gasteiger partial charge in [0, 0.05) is 6.54 Å². The molecule has 0 spiro atoms. The molecule has 1 fully saturated rings. The highest BCUT2D eigenvalue weighted by atomic mass is 28.4. The lowest BCUT2D eigenvalue weighted by Gasteiger charge is -2.46. The largest absolute Gasteiger partial charge is 0.413 e. The number of amides is 1. The predicted octanol–water partition coefficient (Wildman–Crippen LogP) is 3.31. The molecule has 0 aromatic carbocycles. The van der Waals surface area contributed by atoms with Crippen molar-refractivity contribution in [3.63, 3.8) is 0 Å². The fourth-order valence-electron chi connectivity index (χ4n) is 3.49. The lowest BCUT2D eigenvalue weighted by atomic mass is 9.97. The van der Waals surface area contributed by atoms with Crippen LogP contribution >= 0.6 is 0 Å². The van der Waals surface area contributed by atoms with Crippen molar-refractivity contribution in [3.8, 4) is 0 Å². The molecule has 2 atom stereocenters. The summed E-state index contributed by atoms with van der Waals surface area (Å²) in [6.07, 6.45) is 0.0533. The molecule has 1 N–H and O–H groups in total. The molecule has 1 aliphatic rings. The third-order valence-corrected chi connectivity index (χ3v) is 10.7. The maximum Gasteiger partial charge on any atom is 0.227 e. The van der Waals surface area contributed by atoms with Gasteiger partial charge < -0.3 is 9.74 Å². The van der Waals surface area contributed by atoms with Crippen molar-refractivity contribution in [1.82, 2.24) is 5.32 Å². The van der Waals surface area contributed by atoms with E-state index >= 15 is 0 Å². The van der Waals surface area contributed by atoms with Gasteiger partial charge in [0.05, 0.1) is 12.0 Å². The third kappa shape index (κ3) is 2.64. The Bertz CT molecular complexity index is 280. The Balaban J connectivity index is 2.87. The van der Waals surface area contributed by atoms with E-state index < -0.39 is 8.32 Å². The number of β-lactam (4-membered cyclic amide) rings is 1. The maximum absolute atomic E-state index is 11.5. The second-order valence-electron chi connectivity index (χ2n) is 6.49. The first-order chi connectivity index (χ1) is 8.23. The van der Waals surface area contributed by atoms with Gasteiger partial charge >= 0.3 is 0 Å². The second-order valence-corrected chi connectivity index (χ2v) is 11.9. The Morgan fingerprint density at radius 1 is 1.06 bits per heavy atom. The zero-order chi connectivity index (χ0) is 14.1. The number of hydrogen-bond acceptors (Lipinski definition) is 2. The molecule has 1 amide bonds. The maximum atomic E-state index is 11.5. The topological polar surface area (TPSA) is 38.3 Å².